The van der Waals surface area contributed by atoms with E-state index in [4.69, 9.17) is 5.26 Å². The normalized spacial score (nSPS) is 15.0. The van der Waals surface area contributed by atoms with E-state index < -0.39 is 16.9 Å². The number of benzene rings is 1. The number of nitriles is 1. The predicted molar refractivity (Wildman–Crippen MR) is 103 cm³/mol. The molecule has 7 nitrogen and oxygen atoms in total. The number of rotatable bonds is 2. The highest BCUT2D eigenvalue weighted by atomic mass is 19.1. The summed E-state index contributed by atoms with van der Waals surface area (Å²) in [5, 5.41) is 8.92. The van der Waals surface area contributed by atoms with Crippen molar-refractivity contribution in [2.45, 2.75) is 18.9 Å². The number of halogens is 1. The van der Waals surface area contributed by atoms with Crippen LogP contribution in [-0.4, -0.2) is 27.2 Å². The fraction of sp³-hybridized carbons (Fsp3) is 0.300. The molecule has 8 heteroatoms. The van der Waals surface area contributed by atoms with E-state index in [1.807, 2.05) is 12.1 Å². The zero-order chi connectivity index (χ0) is 19.8. The molecule has 1 saturated heterocycles. The lowest BCUT2D eigenvalue weighted by Gasteiger charge is -2.34. The Morgan fingerprint density at radius 3 is 2.46 bits per heavy atom. The van der Waals surface area contributed by atoms with E-state index in [1.165, 1.54) is 17.7 Å². The van der Waals surface area contributed by atoms with Crippen LogP contribution in [0.25, 0.3) is 11.2 Å². The predicted octanol–water partition coefficient (Wildman–Crippen LogP) is 1.95. The van der Waals surface area contributed by atoms with E-state index >= 15 is 0 Å². The molecule has 4 rings (SSSR count). The topological polar surface area (TPSA) is 83.9 Å². The van der Waals surface area contributed by atoms with Crippen LogP contribution in [0, 0.1) is 17.1 Å². The number of hydrogen-bond donors (Lipinski definition) is 0. The van der Waals surface area contributed by atoms with Crippen LogP contribution >= 0.6 is 0 Å². The molecule has 3 aromatic rings. The molecule has 28 heavy (non-hydrogen) atoms. The van der Waals surface area contributed by atoms with Crippen LogP contribution in [0.4, 0.5) is 10.1 Å². The van der Waals surface area contributed by atoms with Crippen LogP contribution in [0.3, 0.4) is 0 Å². The second-order valence-corrected chi connectivity index (χ2v) is 6.91. The molecule has 0 spiro atoms. The lowest BCUT2D eigenvalue weighted by atomic mass is 10.0. The minimum Gasteiger partial charge on any atom is -0.371 e. The largest absolute Gasteiger partial charge is 0.371 e. The van der Waals surface area contributed by atoms with Crippen LogP contribution in [0.15, 0.2) is 46.1 Å². The van der Waals surface area contributed by atoms with Crippen molar-refractivity contribution >= 4 is 16.9 Å². The Morgan fingerprint density at radius 2 is 1.82 bits per heavy atom. The van der Waals surface area contributed by atoms with Gasteiger partial charge in [0.15, 0.2) is 5.65 Å². The zero-order valence-corrected chi connectivity index (χ0v) is 15.3. The van der Waals surface area contributed by atoms with E-state index in [0.29, 0.717) is 42.7 Å². The first kappa shape index (κ1) is 17.9. The smallest absolute Gasteiger partial charge is 0.318 e. The maximum Gasteiger partial charge on any atom is 0.318 e. The van der Waals surface area contributed by atoms with Gasteiger partial charge >= 0.3 is 11.1 Å². The first-order chi connectivity index (χ1) is 13.5. The number of pyridine rings is 1. The molecule has 0 aliphatic carbocycles. The standard InChI is InChI=1S/C20H18FN5O2/c1-24-17-10-14(21)12-23-18(17)26(20(28)19(24)27)16-6-8-25(9-7-16)15-4-2-13(11-22)3-5-15/h2-5,10,12,16H,6-9H2,1H3. The summed E-state index contributed by atoms with van der Waals surface area (Å²) in [5.74, 6) is -0.552. The third-order valence-electron chi connectivity index (χ3n) is 5.30. The van der Waals surface area contributed by atoms with Crippen molar-refractivity contribution in [3.05, 3.63) is 68.6 Å². The highest BCUT2D eigenvalue weighted by Gasteiger charge is 2.25. The average Bonchev–Trinajstić information content (AvgIpc) is 2.73. The minimum atomic E-state index is -0.686. The molecule has 0 radical (unpaired) electrons. The Bertz CT molecular complexity index is 1200. The second-order valence-electron chi connectivity index (χ2n) is 6.91. The van der Waals surface area contributed by atoms with Gasteiger partial charge in [-0.2, -0.15) is 5.26 Å². The molecule has 0 bridgehead atoms. The number of hydrogen-bond acceptors (Lipinski definition) is 5. The van der Waals surface area contributed by atoms with Crippen molar-refractivity contribution in [1.82, 2.24) is 14.1 Å². The van der Waals surface area contributed by atoms with Gasteiger partial charge in [0.25, 0.3) is 0 Å². The number of piperidine rings is 1. The summed E-state index contributed by atoms with van der Waals surface area (Å²) in [4.78, 5) is 31.3. The van der Waals surface area contributed by atoms with Gasteiger partial charge in [-0.05, 0) is 37.1 Å². The van der Waals surface area contributed by atoms with Crippen molar-refractivity contribution in [3.8, 4) is 6.07 Å². The highest BCUT2D eigenvalue weighted by molar-refractivity contribution is 5.70. The zero-order valence-electron chi connectivity index (χ0n) is 15.3. The summed E-state index contributed by atoms with van der Waals surface area (Å²) < 4.78 is 16.2. The van der Waals surface area contributed by atoms with E-state index in [-0.39, 0.29) is 6.04 Å². The van der Waals surface area contributed by atoms with Crippen molar-refractivity contribution in [2.24, 2.45) is 7.05 Å². The molecular formula is C20H18FN5O2. The molecular weight excluding hydrogens is 361 g/mol. The SMILES string of the molecule is Cn1c(=O)c(=O)n(C2CCN(c3ccc(C#N)cc3)CC2)c2ncc(F)cc21. The molecule has 1 aliphatic heterocycles. The van der Waals surface area contributed by atoms with Gasteiger partial charge in [-0.1, -0.05) is 0 Å². The number of nitrogens with zero attached hydrogens (tertiary/aromatic N) is 5. The molecule has 1 fully saturated rings. The van der Waals surface area contributed by atoms with Crippen molar-refractivity contribution in [3.63, 3.8) is 0 Å². The molecule has 3 heterocycles. The summed E-state index contributed by atoms with van der Waals surface area (Å²) in [6.07, 6.45) is 2.37. The van der Waals surface area contributed by atoms with Crippen molar-refractivity contribution in [1.29, 1.82) is 5.26 Å². The van der Waals surface area contributed by atoms with E-state index in [2.05, 4.69) is 16.0 Å². The summed E-state index contributed by atoms with van der Waals surface area (Å²) in [6, 6.07) is 10.5. The highest BCUT2D eigenvalue weighted by Crippen LogP contribution is 2.27. The van der Waals surface area contributed by atoms with Gasteiger partial charge in [0.1, 0.15) is 5.82 Å². The van der Waals surface area contributed by atoms with Crippen LogP contribution in [0.2, 0.25) is 0 Å². The fourth-order valence-electron chi connectivity index (χ4n) is 3.77. The molecule has 0 saturated carbocycles. The van der Waals surface area contributed by atoms with Gasteiger partial charge < -0.3 is 9.47 Å². The maximum atomic E-state index is 13.6. The summed E-state index contributed by atoms with van der Waals surface area (Å²) >= 11 is 0. The number of fused-ring (bicyclic) bond motifs is 1. The fourth-order valence-corrected chi connectivity index (χ4v) is 3.77. The average molecular weight is 379 g/mol. The van der Waals surface area contributed by atoms with Gasteiger partial charge in [0.05, 0.1) is 23.3 Å². The molecule has 0 amide bonds. The Kier molecular flexibility index (Phi) is 4.43. The number of anilines is 1. The minimum absolute atomic E-state index is 0.184. The van der Waals surface area contributed by atoms with Crippen molar-refractivity contribution in [2.75, 3.05) is 18.0 Å². The van der Waals surface area contributed by atoms with Crippen LogP contribution in [0.5, 0.6) is 0 Å². The molecule has 0 unspecified atom stereocenters. The lowest BCUT2D eigenvalue weighted by molar-refractivity contribution is 0.392. The van der Waals surface area contributed by atoms with Gasteiger partial charge in [-0.25, -0.2) is 9.37 Å². The Balaban J connectivity index is 1.66. The van der Waals surface area contributed by atoms with E-state index in [9.17, 15) is 14.0 Å². The molecule has 2 aromatic heterocycles. The molecule has 1 aromatic carbocycles. The molecule has 1 aliphatic rings. The van der Waals surface area contributed by atoms with Crippen molar-refractivity contribution < 1.29 is 4.39 Å². The lowest BCUT2D eigenvalue weighted by Crippen LogP contribution is -2.45. The van der Waals surface area contributed by atoms with E-state index in [0.717, 1.165) is 16.5 Å². The van der Waals surface area contributed by atoms with Crippen LogP contribution < -0.4 is 16.0 Å². The summed E-state index contributed by atoms with van der Waals surface area (Å²) in [7, 11) is 1.45. The summed E-state index contributed by atoms with van der Waals surface area (Å²) in [6.45, 7) is 1.39. The quantitative estimate of drug-likeness (QED) is 0.636. The first-order valence-electron chi connectivity index (χ1n) is 9.01. The molecule has 142 valence electrons. The number of aromatic nitrogens is 3. The Morgan fingerprint density at radius 1 is 1.14 bits per heavy atom. The Hall–Kier alpha value is -3.47. The van der Waals surface area contributed by atoms with Gasteiger partial charge in [0.2, 0.25) is 0 Å². The monoisotopic (exact) mass is 379 g/mol. The van der Waals surface area contributed by atoms with Gasteiger partial charge in [-0.3, -0.25) is 14.2 Å². The first-order valence-corrected chi connectivity index (χ1v) is 9.01. The maximum absolute atomic E-state index is 13.6. The third kappa shape index (κ3) is 2.95. The van der Waals surface area contributed by atoms with Crippen LogP contribution in [-0.2, 0) is 7.05 Å². The van der Waals surface area contributed by atoms with Gasteiger partial charge in [0, 0.05) is 37.9 Å². The van der Waals surface area contributed by atoms with Gasteiger partial charge in [-0.15, -0.1) is 0 Å². The molecule has 0 N–H and O–H groups in total. The summed E-state index contributed by atoms with van der Waals surface area (Å²) in [5.41, 5.74) is 0.929. The second kappa shape index (κ2) is 6.93. The molecule has 0 atom stereocenters. The Labute approximate surface area is 159 Å². The van der Waals surface area contributed by atoms with Crippen LogP contribution in [0.1, 0.15) is 24.4 Å². The van der Waals surface area contributed by atoms with E-state index in [1.54, 1.807) is 12.1 Å². The third-order valence-corrected chi connectivity index (χ3v) is 5.30. The number of aryl methyl sites for hydroxylation is 1.